The van der Waals surface area contributed by atoms with Crippen LogP contribution < -0.4 is 4.72 Å². The van der Waals surface area contributed by atoms with Gasteiger partial charge in [-0.1, -0.05) is 19.8 Å². The molecule has 1 fully saturated rings. The molecule has 1 amide bonds. The van der Waals surface area contributed by atoms with Crippen molar-refractivity contribution < 1.29 is 23.1 Å². The molecule has 1 atom stereocenters. The first-order valence-electron chi connectivity index (χ1n) is 7.09. The monoisotopic (exact) mass is 346 g/mol. The molecule has 7 nitrogen and oxygen atoms in total. The van der Waals surface area contributed by atoms with Crippen molar-refractivity contribution in [1.29, 1.82) is 0 Å². The maximum Gasteiger partial charge on any atom is 0.316 e. The SMILES string of the molecule is CCc1csc(S(=O)(=O)NC(=O)C(C(=O)O)C2CCCC2)n1. The molecule has 1 saturated carbocycles. The number of aryl methyl sites for hydroxylation is 1. The average Bonchev–Trinajstić information content (AvgIpc) is 3.08. The maximum absolute atomic E-state index is 12.1. The number of aliphatic carboxylic acids is 1. The zero-order valence-corrected chi connectivity index (χ0v) is 13.7. The number of amides is 1. The fraction of sp³-hybridized carbons (Fsp3) is 0.615. The van der Waals surface area contributed by atoms with Crippen LogP contribution in [0.3, 0.4) is 0 Å². The number of carboxylic acid groups (broad SMARTS) is 1. The summed E-state index contributed by atoms with van der Waals surface area (Å²) >= 11 is 0.914. The standard InChI is InChI=1S/C13H18N2O5S2/c1-2-9-7-21-13(14-9)22(19,20)15-11(16)10(12(17)18)8-5-3-4-6-8/h7-8,10H,2-6H2,1H3,(H,15,16)(H,17,18). The molecule has 0 bridgehead atoms. The van der Waals surface area contributed by atoms with Gasteiger partial charge in [-0.25, -0.2) is 9.71 Å². The summed E-state index contributed by atoms with van der Waals surface area (Å²) in [4.78, 5) is 27.4. The number of hydrogen-bond donors (Lipinski definition) is 2. The van der Waals surface area contributed by atoms with Crippen molar-refractivity contribution in [3.63, 3.8) is 0 Å². The van der Waals surface area contributed by atoms with Crippen LogP contribution in [0.2, 0.25) is 0 Å². The van der Waals surface area contributed by atoms with Gasteiger partial charge in [0.05, 0.1) is 5.69 Å². The first-order valence-corrected chi connectivity index (χ1v) is 9.45. The molecule has 122 valence electrons. The normalized spacial score (nSPS) is 17.3. The number of nitrogens with one attached hydrogen (secondary N) is 1. The summed E-state index contributed by atoms with van der Waals surface area (Å²) in [6.07, 6.45) is 3.56. The number of nitrogens with zero attached hydrogens (tertiary/aromatic N) is 1. The number of carbonyl (C=O) groups excluding carboxylic acids is 1. The van der Waals surface area contributed by atoms with Gasteiger partial charge in [0.2, 0.25) is 10.2 Å². The van der Waals surface area contributed by atoms with Gasteiger partial charge in [-0.3, -0.25) is 9.59 Å². The third-order valence-electron chi connectivity index (χ3n) is 3.78. The third kappa shape index (κ3) is 3.64. The summed E-state index contributed by atoms with van der Waals surface area (Å²) in [5.41, 5.74) is 0.614. The molecule has 0 saturated heterocycles. The number of aromatic nitrogens is 1. The zero-order valence-electron chi connectivity index (χ0n) is 12.1. The predicted molar refractivity (Wildman–Crippen MR) is 79.9 cm³/mol. The number of thiazole rings is 1. The summed E-state index contributed by atoms with van der Waals surface area (Å²) < 4.78 is 25.9. The van der Waals surface area contributed by atoms with E-state index in [0.717, 1.165) is 24.2 Å². The number of carboxylic acids is 1. The van der Waals surface area contributed by atoms with Gasteiger partial charge in [0.25, 0.3) is 10.0 Å². The smallest absolute Gasteiger partial charge is 0.316 e. The highest BCUT2D eigenvalue weighted by Crippen LogP contribution is 2.32. The van der Waals surface area contributed by atoms with Crippen molar-refractivity contribution in [3.05, 3.63) is 11.1 Å². The lowest BCUT2D eigenvalue weighted by Crippen LogP contribution is -2.42. The van der Waals surface area contributed by atoms with Crippen molar-refractivity contribution >= 4 is 33.2 Å². The molecule has 0 aliphatic heterocycles. The van der Waals surface area contributed by atoms with E-state index in [9.17, 15) is 23.1 Å². The van der Waals surface area contributed by atoms with Crippen LogP contribution in [-0.4, -0.2) is 30.4 Å². The van der Waals surface area contributed by atoms with E-state index in [1.165, 1.54) is 0 Å². The molecule has 1 unspecified atom stereocenters. The van der Waals surface area contributed by atoms with E-state index >= 15 is 0 Å². The van der Waals surface area contributed by atoms with Crippen molar-refractivity contribution in [2.45, 2.75) is 43.4 Å². The van der Waals surface area contributed by atoms with Crippen molar-refractivity contribution in [2.24, 2.45) is 11.8 Å². The molecular weight excluding hydrogens is 328 g/mol. The van der Waals surface area contributed by atoms with Gasteiger partial charge in [-0.2, -0.15) is 8.42 Å². The molecule has 1 aliphatic carbocycles. The maximum atomic E-state index is 12.1. The summed E-state index contributed by atoms with van der Waals surface area (Å²) in [5, 5.41) is 10.8. The van der Waals surface area contributed by atoms with Gasteiger partial charge < -0.3 is 5.11 Å². The predicted octanol–water partition coefficient (Wildman–Crippen LogP) is 1.40. The quantitative estimate of drug-likeness (QED) is 0.753. The fourth-order valence-corrected chi connectivity index (χ4v) is 4.75. The molecule has 0 aromatic carbocycles. The lowest BCUT2D eigenvalue weighted by Gasteiger charge is -2.18. The first kappa shape index (κ1) is 16.9. The highest BCUT2D eigenvalue weighted by Gasteiger charge is 2.38. The Bertz CT molecular complexity index is 662. The van der Waals surface area contributed by atoms with Crippen LogP contribution in [0.1, 0.15) is 38.3 Å². The number of hydrogen-bond acceptors (Lipinski definition) is 6. The summed E-state index contributed by atoms with van der Waals surface area (Å²) in [6.45, 7) is 1.84. The van der Waals surface area contributed by atoms with E-state index in [-0.39, 0.29) is 10.3 Å². The molecular formula is C13H18N2O5S2. The van der Waals surface area contributed by atoms with Crippen LogP contribution in [0.4, 0.5) is 0 Å². The van der Waals surface area contributed by atoms with Crippen LogP contribution in [-0.2, 0) is 26.0 Å². The second-order valence-corrected chi connectivity index (χ2v) is 8.00. The van der Waals surface area contributed by atoms with Crippen LogP contribution in [0.15, 0.2) is 9.72 Å². The highest BCUT2D eigenvalue weighted by atomic mass is 32.2. The minimum Gasteiger partial charge on any atom is -0.481 e. The second kappa shape index (κ2) is 6.74. The molecule has 2 N–H and O–H groups in total. The van der Waals surface area contributed by atoms with Crippen LogP contribution in [0, 0.1) is 11.8 Å². The molecule has 22 heavy (non-hydrogen) atoms. The summed E-state index contributed by atoms with van der Waals surface area (Å²) in [6, 6.07) is 0. The summed E-state index contributed by atoms with van der Waals surface area (Å²) in [5.74, 6) is -3.90. The molecule has 1 heterocycles. The molecule has 0 radical (unpaired) electrons. The van der Waals surface area contributed by atoms with Gasteiger partial charge in [0, 0.05) is 5.38 Å². The number of rotatable bonds is 6. The molecule has 0 spiro atoms. The van der Waals surface area contributed by atoms with Crippen LogP contribution in [0.25, 0.3) is 0 Å². The lowest BCUT2D eigenvalue weighted by molar-refractivity contribution is -0.148. The Morgan fingerprint density at radius 3 is 2.59 bits per heavy atom. The zero-order chi connectivity index (χ0) is 16.3. The minimum atomic E-state index is -4.11. The lowest BCUT2D eigenvalue weighted by atomic mass is 9.90. The van der Waals surface area contributed by atoms with Crippen LogP contribution >= 0.6 is 11.3 Å². The van der Waals surface area contributed by atoms with Gasteiger partial charge >= 0.3 is 5.97 Å². The van der Waals surface area contributed by atoms with Gasteiger partial charge in [-0.15, -0.1) is 11.3 Å². The minimum absolute atomic E-state index is 0.215. The topological polar surface area (TPSA) is 113 Å². The van der Waals surface area contributed by atoms with E-state index in [1.807, 2.05) is 11.6 Å². The van der Waals surface area contributed by atoms with Crippen molar-refractivity contribution in [2.75, 3.05) is 0 Å². The highest BCUT2D eigenvalue weighted by molar-refractivity contribution is 7.92. The Morgan fingerprint density at radius 1 is 1.45 bits per heavy atom. The summed E-state index contributed by atoms with van der Waals surface area (Å²) in [7, 11) is -4.11. The fourth-order valence-electron chi connectivity index (χ4n) is 2.63. The number of sulfonamides is 1. The Kier molecular flexibility index (Phi) is 5.17. The van der Waals surface area contributed by atoms with Crippen molar-refractivity contribution in [3.8, 4) is 0 Å². The van der Waals surface area contributed by atoms with Crippen molar-refractivity contribution in [1.82, 2.24) is 9.71 Å². The third-order valence-corrected chi connectivity index (χ3v) is 6.43. The molecule has 2 rings (SSSR count). The van der Waals surface area contributed by atoms with E-state index in [0.29, 0.717) is 25.0 Å². The Labute approximate surface area is 132 Å². The van der Waals surface area contributed by atoms with Gasteiger partial charge in [-0.05, 0) is 25.2 Å². The molecule has 9 heteroatoms. The second-order valence-electron chi connectivity index (χ2n) is 5.29. The molecule has 1 aromatic heterocycles. The largest absolute Gasteiger partial charge is 0.481 e. The molecule has 1 aromatic rings. The Morgan fingerprint density at radius 2 is 2.09 bits per heavy atom. The first-order chi connectivity index (χ1) is 10.3. The van der Waals surface area contributed by atoms with Crippen LogP contribution in [0.5, 0.6) is 0 Å². The Hall–Kier alpha value is -1.48. The van der Waals surface area contributed by atoms with Gasteiger partial charge in [0.1, 0.15) is 5.92 Å². The number of carbonyl (C=O) groups is 2. The van der Waals surface area contributed by atoms with E-state index in [4.69, 9.17) is 0 Å². The van der Waals surface area contributed by atoms with E-state index in [2.05, 4.69) is 4.98 Å². The van der Waals surface area contributed by atoms with E-state index < -0.39 is 27.8 Å². The average molecular weight is 346 g/mol. The van der Waals surface area contributed by atoms with Gasteiger partial charge in [0.15, 0.2) is 0 Å². The van der Waals surface area contributed by atoms with E-state index in [1.54, 1.807) is 5.38 Å². The molecule has 1 aliphatic rings. The Balaban J connectivity index is 2.16.